The summed E-state index contributed by atoms with van der Waals surface area (Å²) >= 11 is 0. The van der Waals surface area contributed by atoms with Gasteiger partial charge in [0, 0.05) is 0 Å². The van der Waals surface area contributed by atoms with Crippen LogP contribution in [0.25, 0.3) is 0 Å². The van der Waals surface area contributed by atoms with Crippen molar-refractivity contribution in [3.05, 3.63) is 0 Å². The predicted molar refractivity (Wildman–Crippen MR) is 51.3 cm³/mol. The van der Waals surface area contributed by atoms with Gasteiger partial charge in [0.1, 0.15) is 0 Å². The zero-order valence-electron chi connectivity index (χ0n) is 10.1. The first-order valence-corrected chi connectivity index (χ1v) is 4.94. The van der Waals surface area contributed by atoms with Crippen LogP contribution in [-0.2, 0) is 14.4 Å². The minimum absolute atomic E-state index is 0.591. The minimum Gasteiger partial charge on any atom is -0.460 e. The fraction of sp³-hybridized carbons (Fsp3) is 0.778. The second-order valence-corrected chi connectivity index (χ2v) is 3.67. The van der Waals surface area contributed by atoms with Gasteiger partial charge < -0.3 is 9.57 Å². The van der Waals surface area contributed by atoms with Gasteiger partial charge in [-0.3, -0.25) is 0 Å². The molecule has 0 radical (unpaired) electrons. The van der Waals surface area contributed by atoms with Crippen molar-refractivity contribution < 1.29 is 40.7 Å². The van der Waals surface area contributed by atoms with Crippen LogP contribution < -0.4 is 0 Å². The van der Waals surface area contributed by atoms with E-state index < -0.39 is 36.2 Å². The maximum Gasteiger partial charge on any atom is 0.441 e. The summed E-state index contributed by atoms with van der Waals surface area (Å²) in [5.74, 6) is -1.12. The molecule has 0 fully saturated rings. The molecule has 0 bridgehead atoms. The summed E-state index contributed by atoms with van der Waals surface area (Å²) in [5.41, 5.74) is -3.08. The molecule has 1 atom stereocenters. The van der Waals surface area contributed by atoms with E-state index in [2.05, 4.69) is 9.57 Å². The first-order valence-electron chi connectivity index (χ1n) is 4.94. The Kier molecular flexibility index (Phi) is 5.63. The largest absolute Gasteiger partial charge is 0.460 e. The van der Waals surface area contributed by atoms with E-state index >= 15 is 0 Å². The molecule has 0 saturated carbocycles. The third-order valence-corrected chi connectivity index (χ3v) is 1.52. The van der Waals surface area contributed by atoms with Gasteiger partial charge in [0.25, 0.3) is 5.71 Å². The number of rotatable bonds is 4. The number of hydrogen-bond acceptors (Lipinski definition) is 4. The normalized spacial score (nSPS) is 14.0. The Morgan fingerprint density at radius 1 is 1.00 bits per heavy atom. The first kappa shape index (κ1) is 17.5. The van der Waals surface area contributed by atoms with Crippen molar-refractivity contribution in [2.24, 2.45) is 5.16 Å². The second-order valence-electron chi connectivity index (χ2n) is 3.67. The van der Waals surface area contributed by atoms with Crippen LogP contribution in [0.2, 0.25) is 0 Å². The molecule has 0 amide bonds. The smallest absolute Gasteiger partial charge is 0.441 e. The monoisotopic (exact) mass is 295 g/mol. The lowest BCUT2D eigenvalue weighted by atomic mass is 10.3. The van der Waals surface area contributed by atoms with Gasteiger partial charge in [0.2, 0.25) is 6.10 Å². The number of nitrogens with zero attached hydrogens (tertiary/aromatic N) is 1. The molecule has 0 rings (SSSR count). The second kappa shape index (κ2) is 6.11. The topological polar surface area (TPSA) is 47.9 Å². The molecule has 0 aliphatic heterocycles. The predicted octanol–water partition coefficient (Wildman–Crippen LogP) is 2.82. The van der Waals surface area contributed by atoms with Gasteiger partial charge in [-0.05, 0) is 20.8 Å². The Morgan fingerprint density at radius 2 is 1.42 bits per heavy atom. The summed E-state index contributed by atoms with van der Waals surface area (Å²) in [6.07, 6.45) is -13.8. The van der Waals surface area contributed by atoms with Crippen LogP contribution in [0.5, 0.6) is 0 Å². The van der Waals surface area contributed by atoms with E-state index in [1.807, 2.05) is 5.16 Å². The molecular weight excluding hydrogens is 284 g/mol. The van der Waals surface area contributed by atoms with Gasteiger partial charge in [0.15, 0.2) is 0 Å². The summed E-state index contributed by atoms with van der Waals surface area (Å²) in [6.45, 7) is 3.81. The standard InChI is InChI=1S/C9H11F6NO3/c1-4(2)18-6(17)5(3)19-16-7(8(10,11)12)9(13,14)15/h4-5H,1-3H3. The van der Waals surface area contributed by atoms with Crippen LogP contribution in [0.1, 0.15) is 20.8 Å². The molecule has 0 N–H and O–H groups in total. The molecule has 112 valence electrons. The summed E-state index contributed by atoms with van der Waals surface area (Å²) in [5, 5.41) is 1.96. The summed E-state index contributed by atoms with van der Waals surface area (Å²) in [4.78, 5) is 15.0. The Morgan fingerprint density at radius 3 is 1.74 bits per heavy atom. The highest BCUT2D eigenvalue weighted by Gasteiger charge is 2.54. The highest BCUT2D eigenvalue weighted by Crippen LogP contribution is 2.30. The molecule has 4 nitrogen and oxygen atoms in total. The Bertz CT molecular complexity index is 331. The average molecular weight is 295 g/mol. The molecule has 0 spiro atoms. The number of hydrogen-bond donors (Lipinski definition) is 0. The number of esters is 1. The number of carbonyl (C=O) groups is 1. The molecule has 0 aliphatic carbocycles. The van der Waals surface area contributed by atoms with Crippen molar-refractivity contribution in [1.82, 2.24) is 0 Å². The van der Waals surface area contributed by atoms with Crippen molar-refractivity contribution in [3.63, 3.8) is 0 Å². The zero-order valence-corrected chi connectivity index (χ0v) is 10.1. The number of ether oxygens (including phenoxy) is 1. The van der Waals surface area contributed by atoms with E-state index in [0.29, 0.717) is 0 Å². The third kappa shape index (κ3) is 6.30. The molecule has 0 saturated heterocycles. The van der Waals surface area contributed by atoms with Crippen LogP contribution in [0.15, 0.2) is 5.16 Å². The fourth-order valence-electron chi connectivity index (χ4n) is 0.767. The highest BCUT2D eigenvalue weighted by molar-refractivity contribution is 5.94. The molecule has 19 heavy (non-hydrogen) atoms. The lowest BCUT2D eigenvalue weighted by Crippen LogP contribution is -2.38. The van der Waals surface area contributed by atoms with Gasteiger partial charge in [-0.15, -0.1) is 0 Å². The van der Waals surface area contributed by atoms with E-state index in [-0.39, 0.29) is 0 Å². The maximum atomic E-state index is 12.0. The van der Waals surface area contributed by atoms with Gasteiger partial charge >= 0.3 is 18.3 Å². The molecular formula is C9H11F6NO3. The number of halogens is 6. The third-order valence-electron chi connectivity index (χ3n) is 1.52. The molecule has 0 aromatic rings. The summed E-state index contributed by atoms with van der Waals surface area (Å²) < 4.78 is 76.7. The summed E-state index contributed by atoms with van der Waals surface area (Å²) in [7, 11) is 0. The van der Waals surface area contributed by atoms with E-state index in [4.69, 9.17) is 0 Å². The van der Waals surface area contributed by atoms with Crippen molar-refractivity contribution in [3.8, 4) is 0 Å². The van der Waals surface area contributed by atoms with E-state index in [9.17, 15) is 31.1 Å². The zero-order chi connectivity index (χ0) is 15.4. The lowest BCUT2D eigenvalue weighted by molar-refractivity contribution is -0.161. The molecule has 1 unspecified atom stereocenters. The van der Waals surface area contributed by atoms with Gasteiger partial charge in [0.05, 0.1) is 6.10 Å². The van der Waals surface area contributed by atoms with E-state index in [1.54, 1.807) is 0 Å². The lowest BCUT2D eigenvalue weighted by Gasteiger charge is -2.15. The fourth-order valence-corrected chi connectivity index (χ4v) is 0.767. The van der Waals surface area contributed by atoms with Crippen LogP contribution in [-0.4, -0.2) is 36.2 Å². The van der Waals surface area contributed by atoms with Gasteiger partial charge in [-0.1, -0.05) is 5.16 Å². The molecule has 10 heteroatoms. The van der Waals surface area contributed by atoms with Crippen LogP contribution >= 0.6 is 0 Å². The van der Waals surface area contributed by atoms with Crippen molar-refractivity contribution >= 4 is 11.7 Å². The van der Waals surface area contributed by atoms with Crippen molar-refractivity contribution in [2.45, 2.75) is 45.3 Å². The Hall–Kier alpha value is -1.48. The maximum absolute atomic E-state index is 12.0. The van der Waals surface area contributed by atoms with Crippen LogP contribution in [0.3, 0.4) is 0 Å². The minimum atomic E-state index is -5.74. The van der Waals surface area contributed by atoms with Crippen molar-refractivity contribution in [2.75, 3.05) is 0 Å². The van der Waals surface area contributed by atoms with E-state index in [1.165, 1.54) is 13.8 Å². The van der Waals surface area contributed by atoms with Crippen molar-refractivity contribution in [1.29, 1.82) is 0 Å². The van der Waals surface area contributed by atoms with Gasteiger partial charge in [-0.2, -0.15) is 26.3 Å². The van der Waals surface area contributed by atoms with Crippen LogP contribution in [0, 0.1) is 0 Å². The Balaban J connectivity index is 4.87. The number of alkyl halides is 6. The first-order chi connectivity index (χ1) is 8.35. The molecule has 0 aromatic carbocycles. The van der Waals surface area contributed by atoms with Crippen LogP contribution in [0.4, 0.5) is 26.3 Å². The SMILES string of the molecule is CC(C)OC(=O)C(C)ON=C(C(F)(F)F)C(F)(F)F. The van der Waals surface area contributed by atoms with Gasteiger partial charge in [-0.25, -0.2) is 4.79 Å². The molecule has 0 aromatic heterocycles. The number of oxime groups is 1. The number of carbonyl (C=O) groups excluding carboxylic acids is 1. The average Bonchev–Trinajstić information content (AvgIpc) is 2.11. The molecule has 0 heterocycles. The highest BCUT2D eigenvalue weighted by atomic mass is 19.4. The quantitative estimate of drug-likeness (QED) is 0.347. The summed E-state index contributed by atoms with van der Waals surface area (Å²) in [6, 6.07) is 0. The molecule has 0 aliphatic rings. The Labute approximate surface area is 104 Å². The van der Waals surface area contributed by atoms with E-state index in [0.717, 1.165) is 6.92 Å².